The zero-order chi connectivity index (χ0) is 18.5. The molecule has 27 heavy (non-hydrogen) atoms. The van der Waals surface area contributed by atoms with Crippen molar-refractivity contribution in [2.24, 2.45) is 0 Å². The normalized spacial score (nSPS) is 13.4. The number of aromatic nitrogens is 1. The van der Waals surface area contributed by atoms with Gasteiger partial charge in [-0.05, 0) is 49.1 Å². The number of carbonyl (C=O) groups is 1. The molecule has 0 radical (unpaired) electrons. The van der Waals surface area contributed by atoms with Crippen LogP contribution >= 0.6 is 11.8 Å². The summed E-state index contributed by atoms with van der Waals surface area (Å²) < 4.78 is 0. The zero-order valence-corrected chi connectivity index (χ0v) is 15.8. The van der Waals surface area contributed by atoms with Gasteiger partial charge < -0.3 is 5.43 Å². The molecule has 4 nitrogen and oxygen atoms in total. The highest BCUT2D eigenvalue weighted by Gasteiger charge is 2.08. The molecule has 2 aromatic carbocycles. The minimum Gasteiger partial charge on any atom is -0.303 e. The van der Waals surface area contributed by atoms with E-state index in [0.717, 1.165) is 41.6 Å². The number of amides is 1. The topological polar surface area (TPSA) is 54.0 Å². The minimum atomic E-state index is -0.111. The number of para-hydroxylation sites is 1. The number of fused-ring (bicyclic) bond motifs is 1. The molecular weight excluding hydrogens is 354 g/mol. The van der Waals surface area contributed by atoms with Gasteiger partial charge in [-0.25, -0.2) is 0 Å². The third kappa shape index (κ3) is 4.31. The molecule has 0 unspecified atom stereocenters. The fraction of sp³-hybridized carbons (Fsp3) is 0.182. The zero-order valence-electron chi connectivity index (χ0n) is 14.9. The Labute approximate surface area is 163 Å². The molecule has 0 saturated carbocycles. The maximum absolute atomic E-state index is 12.2. The number of hydrogen-bond acceptors (Lipinski definition) is 4. The van der Waals surface area contributed by atoms with Crippen molar-refractivity contribution in [2.75, 3.05) is 0 Å². The summed E-state index contributed by atoms with van der Waals surface area (Å²) in [5.41, 5.74) is 9.74. The Balaban J connectivity index is 1.36. The molecule has 0 spiro atoms. The van der Waals surface area contributed by atoms with Crippen molar-refractivity contribution in [1.82, 2.24) is 15.8 Å². The van der Waals surface area contributed by atoms with Crippen molar-refractivity contribution >= 4 is 28.6 Å². The standard InChI is InChI=1S/C22H21N3OS/c26-22(25-24-19-7-1-2-8-19)18-12-10-16(11-13-18)15-27-20-9-3-5-17-6-4-14-23-21(17)20/h3-7,9-14,24H,1-2,8,15H2,(H,25,26). The van der Waals surface area contributed by atoms with Gasteiger partial charge in [0, 0.05) is 33.5 Å². The molecular formula is C22H21N3OS. The van der Waals surface area contributed by atoms with Crippen LogP contribution < -0.4 is 10.9 Å². The van der Waals surface area contributed by atoms with Crippen LogP contribution in [0.25, 0.3) is 10.9 Å². The first-order valence-electron chi connectivity index (χ1n) is 9.10. The third-order valence-electron chi connectivity index (χ3n) is 4.58. The Morgan fingerprint density at radius 2 is 1.93 bits per heavy atom. The van der Waals surface area contributed by atoms with Crippen LogP contribution in [-0.4, -0.2) is 10.9 Å². The van der Waals surface area contributed by atoms with E-state index in [1.165, 1.54) is 10.5 Å². The van der Waals surface area contributed by atoms with Crippen LogP contribution in [0.15, 0.2) is 77.5 Å². The second-order valence-electron chi connectivity index (χ2n) is 6.52. The van der Waals surface area contributed by atoms with Crippen LogP contribution in [0.3, 0.4) is 0 Å². The first kappa shape index (κ1) is 17.6. The number of benzene rings is 2. The predicted molar refractivity (Wildman–Crippen MR) is 110 cm³/mol. The smallest absolute Gasteiger partial charge is 0.269 e. The van der Waals surface area contributed by atoms with E-state index >= 15 is 0 Å². The van der Waals surface area contributed by atoms with E-state index in [1.807, 2.05) is 36.5 Å². The maximum Gasteiger partial charge on any atom is 0.269 e. The number of nitrogens with zero attached hydrogens (tertiary/aromatic N) is 1. The lowest BCUT2D eigenvalue weighted by atomic mass is 10.1. The summed E-state index contributed by atoms with van der Waals surface area (Å²) >= 11 is 1.76. The van der Waals surface area contributed by atoms with Crippen LogP contribution in [0.4, 0.5) is 0 Å². The van der Waals surface area contributed by atoms with Crippen LogP contribution in [-0.2, 0) is 5.75 Å². The average Bonchev–Trinajstić information content (AvgIpc) is 3.24. The van der Waals surface area contributed by atoms with Gasteiger partial charge in [0.25, 0.3) is 5.91 Å². The van der Waals surface area contributed by atoms with Gasteiger partial charge in [-0.3, -0.25) is 15.2 Å². The Morgan fingerprint density at radius 3 is 2.74 bits per heavy atom. The van der Waals surface area contributed by atoms with E-state index in [2.05, 4.69) is 46.2 Å². The lowest BCUT2D eigenvalue weighted by molar-refractivity contribution is 0.0938. The van der Waals surface area contributed by atoms with Crippen molar-refractivity contribution in [2.45, 2.75) is 29.9 Å². The van der Waals surface area contributed by atoms with E-state index in [0.29, 0.717) is 5.56 Å². The van der Waals surface area contributed by atoms with Gasteiger partial charge in [-0.1, -0.05) is 36.4 Å². The average molecular weight is 375 g/mol. The minimum absolute atomic E-state index is 0.111. The van der Waals surface area contributed by atoms with Crippen molar-refractivity contribution in [3.8, 4) is 0 Å². The fourth-order valence-corrected chi connectivity index (χ4v) is 4.10. The molecule has 0 atom stereocenters. The van der Waals surface area contributed by atoms with E-state index < -0.39 is 0 Å². The van der Waals surface area contributed by atoms with Gasteiger partial charge in [-0.15, -0.1) is 11.8 Å². The van der Waals surface area contributed by atoms with Gasteiger partial charge in [0.05, 0.1) is 5.52 Å². The van der Waals surface area contributed by atoms with Crippen LogP contribution in [0.1, 0.15) is 35.2 Å². The van der Waals surface area contributed by atoms with Crippen molar-refractivity contribution in [3.63, 3.8) is 0 Å². The summed E-state index contributed by atoms with van der Waals surface area (Å²) in [5, 5.41) is 1.15. The van der Waals surface area contributed by atoms with E-state index in [9.17, 15) is 4.79 Å². The molecule has 0 fully saturated rings. The monoisotopic (exact) mass is 375 g/mol. The highest BCUT2D eigenvalue weighted by molar-refractivity contribution is 7.98. The van der Waals surface area contributed by atoms with Crippen molar-refractivity contribution in [3.05, 3.63) is 83.7 Å². The van der Waals surface area contributed by atoms with E-state index in [1.54, 1.807) is 11.8 Å². The maximum atomic E-state index is 12.2. The Hall–Kier alpha value is -2.79. The van der Waals surface area contributed by atoms with Crippen LogP contribution in [0, 0.1) is 0 Å². The molecule has 3 aromatic rings. The highest BCUT2D eigenvalue weighted by atomic mass is 32.2. The van der Waals surface area contributed by atoms with Crippen LogP contribution in [0.2, 0.25) is 0 Å². The second kappa shape index (κ2) is 8.27. The number of nitrogens with one attached hydrogen (secondary N) is 2. The van der Waals surface area contributed by atoms with Crippen LogP contribution in [0.5, 0.6) is 0 Å². The molecule has 1 aliphatic carbocycles. The molecule has 4 rings (SSSR count). The molecule has 0 aliphatic heterocycles. The summed E-state index contributed by atoms with van der Waals surface area (Å²) in [4.78, 5) is 17.9. The number of hydrogen-bond donors (Lipinski definition) is 2. The largest absolute Gasteiger partial charge is 0.303 e. The van der Waals surface area contributed by atoms with Crippen molar-refractivity contribution < 1.29 is 4.79 Å². The van der Waals surface area contributed by atoms with Gasteiger partial charge in [-0.2, -0.15) is 0 Å². The summed E-state index contributed by atoms with van der Waals surface area (Å²) in [5.74, 6) is 0.725. The first-order valence-corrected chi connectivity index (χ1v) is 10.1. The number of allylic oxidation sites excluding steroid dienone is 2. The SMILES string of the molecule is O=C(NNC1=CCCC1)c1ccc(CSc2cccc3cccnc23)cc1. The molecule has 5 heteroatoms. The van der Waals surface area contributed by atoms with Gasteiger partial charge in [0.1, 0.15) is 0 Å². The lowest BCUT2D eigenvalue weighted by Gasteiger charge is -2.10. The van der Waals surface area contributed by atoms with Crippen molar-refractivity contribution in [1.29, 1.82) is 0 Å². The Kier molecular flexibility index (Phi) is 5.39. The molecule has 1 aromatic heterocycles. The number of carbonyl (C=O) groups excluding carboxylic acids is 1. The quantitative estimate of drug-likeness (QED) is 0.479. The molecule has 2 N–H and O–H groups in total. The van der Waals surface area contributed by atoms with E-state index in [-0.39, 0.29) is 5.91 Å². The molecule has 1 heterocycles. The molecule has 1 amide bonds. The number of rotatable bonds is 6. The second-order valence-corrected chi connectivity index (χ2v) is 7.53. The number of hydrazine groups is 1. The highest BCUT2D eigenvalue weighted by Crippen LogP contribution is 2.28. The summed E-state index contributed by atoms with van der Waals surface area (Å²) in [7, 11) is 0. The molecule has 0 saturated heterocycles. The Bertz CT molecular complexity index is 977. The summed E-state index contributed by atoms with van der Waals surface area (Å²) in [6.07, 6.45) is 7.19. The molecule has 1 aliphatic rings. The number of thioether (sulfide) groups is 1. The third-order valence-corrected chi connectivity index (χ3v) is 5.70. The lowest BCUT2D eigenvalue weighted by Crippen LogP contribution is -2.36. The molecule has 0 bridgehead atoms. The summed E-state index contributed by atoms with van der Waals surface area (Å²) in [6, 6.07) is 18.0. The van der Waals surface area contributed by atoms with Gasteiger partial charge in [0.2, 0.25) is 0 Å². The van der Waals surface area contributed by atoms with E-state index in [4.69, 9.17) is 0 Å². The number of pyridine rings is 1. The predicted octanol–water partition coefficient (Wildman–Crippen LogP) is 4.83. The van der Waals surface area contributed by atoms with Gasteiger partial charge >= 0.3 is 0 Å². The van der Waals surface area contributed by atoms with Gasteiger partial charge in [0.15, 0.2) is 0 Å². The first-order chi connectivity index (χ1) is 13.3. The Morgan fingerprint density at radius 1 is 1.07 bits per heavy atom. The molecule has 136 valence electrons. The summed E-state index contributed by atoms with van der Waals surface area (Å²) in [6.45, 7) is 0. The fourth-order valence-electron chi connectivity index (χ4n) is 3.10.